The monoisotopic (exact) mass is 303 g/mol. The molecule has 1 aliphatic rings. The van der Waals surface area contributed by atoms with E-state index in [-0.39, 0.29) is 24.4 Å². The first-order valence-corrected chi connectivity index (χ1v) is 7.81. The van der Waals surface area contributed by atoms with Crippen LogP contribution in [0.3, 0.4) is 0 Å². The second-order valence-electron chi connectivity index (χ2n) is 6.18. The largest absolute Gasteiger partial charge is 0.354 e. The summed E-state index contributed by atoms with van der Waals surface area (Å²) in [6.07, 6.45) is 0. The molecule has 0 aromatic heterocycles. The number of amides is 2. The van der Waals surface area contributed by atoms with Gasteiger partial charge in [0.25, 0.3) is 0 Å². The lowest BCUT2D eigenvalue weighted by Crippen LogP contribution is -2.53. The third-order valence-electron chi connectivity index (χ3n) is 4.17. The van der Waals surface area contributed by atoms with E-state index in [1.54, 1.807) is 0 Å². The van der Waals surface area contributed by atoms with Crippen molar-refractivity contribution in [2.24, 2.45) is 0 Å². The van der Waals surface area contributed by atoms with E-state index in [4.69, 9.17) is 0 Å². The Morgan fingerprint density at radius 1 is 1.32 bits per heavy atom. The van der Waals surface area contributed by atoms with Crippen molar-refractivity contribution in [1.29, 1.82) is 0 Å². The molecule has 0 radical (unpaired) electrons. The normalized spacial score (nSPS) is 17.2. The van der Waals surface area contributed by atoms with E-state index in [2.05, 4.69) is 24.5 Å². The highest BCUT2D eigenvalue weighted by Crippen LogP contribution is 2.27. The molecular formula is C17H25N3O2. The fraction of sp³-hybridized carbons (Fsp3) is 0.529. The van der Waals surface area contributed by atoms with Crippen molar-refractivity contribution < 1.29 is 9.59 Å². The number of nitrogens with zero attached hydrogens (tertiary/aromatic N) is 1. The highest BCUT2D eigenvalue weighted by molar-refractivity contribution is 5.96. The molecule has 1 aliphatic heterocycles. The summed E-state index contributed by atoms with van der Waals surface area (Å²) in [6.45, 7) is 9.65. The van der Waals surface area contributed by atoms with Crippen LogP contribution in [0.15, 0.2) is 18.2 Å². The van der Waals surface area contributed by atoms with Crippen LogP contribution in [0.25, 0.3) is 0 Å². The maximum Gasteiger partial charge on any atom is 0.241 e. The van der Waals surface area contributed by atoms with Crippen molar-refractivity contribution in [2.45, 2.75) is 39.7 Å². The molecule has 2 rings (SSSR count). The molecule has 1 saturated heterocycles. The van der Waals surface area contributed by atoms with Crippen LogP contribution in [0.4, 0.5) is 5.69 Å². The van der Waals surface area contributed by atoms with Crippen molar-refractivity contribution in [3.8, 4) is 0 Å². The van der Waals surface area contributed by atoms with Crippen molar-refractivity contribution in [3.05, 3.63) is 29.3 Å². The molecule has 1 atom stereocenters. The van der Waals surface area contributed by atoms with Crippen LogP contribution in [-0.2, 0) is 9.59 Å². The van der Waals surface area contributed by atoms with Gasteiger partial charge in [0.2, 0.25) is 11.8 Å². The average molecular weight is 303 g/mol. The van der Waals surface area contributed by atoms with Gasteiger partial charge in [-0.05, 0) is 30.9 Å². The summed E-state index contributed by atoms with van der Waals surface area (Å²) in [6, 6.07) is 5.73. The van der Waals surface area contributed by atoms with E-state index >= 15 is 0 Å². The van der Waals surface area contributed by atoms with Gasteiger partial charge in [0.05, 0.1) is 12.6 Å². The minimum atomic E-state index is -0.328. The smallest absolute Gasteiger partial charge is 0.241 e. The molecule has 0 bridgehead atoms. The maximum absolute atomic E-state index is 12.6. The molecular weight excluding hydrogens is 278 g/mol. The van der Waals surface area contributed by atoms with Gasteiger partial charge in [-0.3, -0.25) is 14.5 Å². The molecule has 1 heterocycles. The molecule has 5 nitrogen and oxygen atoms in total. The Kier molecular flexibility index (Phi) is 5.19. The third-order valence-corrected chi connectivity index (χ3v) is 4.17. The number of para-hydroxylation sites is 1. The summed E-state index contributed by atoms with van der Waals surface area (Å²) in [4.78, 5) is 25.9. The summed E-state index contributed by atoms with van der Waals surface area (Å²) in [5, 5.41) is 5.84. The van der Waals surface area contributed by atoms with Gasteiger partial charge in [-0.15, -0.1) is 0 Å². The highest BCUT2D eigenvalue weighted by atomic mass is 16.2. The number of piperazine rings is 1. The van der Waals surface area contributed by atoms with E-state index in [1.165, 1.54) is 0 Å². The zero-order valence-corrected chi connectivity index (χ0v) is 13.8. The Balaban J connectivity index is 2.13. The van der Waals surface area contributed by atoms with E-state index in [0.717, 1.165) is 16.8 Å². The maximum atomic E-state index is 12.6. The van der Waals surface area contributed by atoms with Gasteiger partial charge in [0.15, 0.2) is 0 Å². The summed E-state index contributed by atoms with van der Waals surface area (Å²) >= 11 is 0. The number of nitrogens with one attached hydrogen (secondary N) is 2. The predicted molar refractivity (Wildman–Crippen MR) is 87.9 cm³/mol. The average Bonchev–Trinajstić information content (AvgIpc) is 2.48. The van der Waals surface area contributed by atoms with Crippen LogP contribution >= 0.6 is 0 Å². The number of benzene rings is 1. The van der Waals surface area contributed by atoms with Crippen LogP contribution in [0.5, 0.6) is 0 Å². The molecule has 1 aromatic rings. The zero-order chi connectivity index (χ0) is 16.3. The van der Waals surface area contributed by atoms with Crippen molar-refractivity contribution >= 4 is 17.5 Å². The number of rotatable bonds is 4. The summed E-state index contributed by atoms with van der Waals surface area (Å²) < 4.78 is 0. The standard InChI is InChI=1S/C17H25N3O2/c1-11(2)14-7-5-6-12(3)16(14)19-17(22)13(4)20-9-8-18-15(21)10-20/h5-7,11,13H,8-10H2,1-4H3,(H,18,21)(H,19,22)/t13-/m1/s1. The number of aryl methyl sites for hydroxylation is 1. The molecule has 2 N–H and O–H groups in total. The third kappa shape index (κ3) is 3.65. The van der Waals surface area contributed by atoms with Crippen molar-refractivity contribution in [1.82, 2.24) is 10.2 Å². The minimum Gasteiger partial charge on any atom is -0.354 e. The van der Waals surface area contributed by atoms with Gasteiger partial charge < -0.3 is 10.6 Å². The van der Waals surface area contributed by atoms with Gasteiger partial charge in [-0.2, -0.15) is 0 Å². The van der Waals surface area contributed by atoms with Gasteiger partial charge in [0, 0.05) is 18.8 Å². The first-order valence-electron chi connectivity index (χ1n) is 7.81. The quantitative estimate of drug-likeness (QED) is 0.893. The molecule has 5 heteroatoms. The molecule has 0 saturated carbocycles. The number of anilines is 1. The van der Waals surface area contributed by atoms with Crippen LogP contribution < -0.4 is 10.6 Å². The molecule has 120 valence electrons. The Bertz CT molecular complexity index is 569. The van der Waals surface area contributed by atoms with Crippen LogP contribution in [0, 0.1) is 6.92 Å². The minimum absolute atomic E-state index is 0.0235. The second-order valence-corrected chi connectivity index (χ2v) is 6.18. The van der Waals surface area contributed by atoms with Gasteiger partial charge in [0.1, 0.15) is 0 Å². The molecule has 0 aliphatic carbocycles. The van der Waals surface area contributed by atoms with Gasteiger partial charge in [-0.25, -0.2) is 0 Å². The van der Waals surface area contributed by atoms with E-state index in [9.17, 15) is 9.59 Å². The van der Waals surface area contributed by atoms with Gasteiger partial charge in [-0.1, -0.05) is 32.0 Å². The van der Waals surface area contributed by atoms with Crippen LogP contribution in [0.2, 0.25) is 0 Å². The second kappa shape index (κ2) is 6.92. The fourth-order valence-electron chi connectivity index (χ4n) is 2.72. The Morgan fingerprint density at radius 3 is 2.68 bits per heavy atom. The number of carbonyl (C=O) groups is 2. The first kappa shape index (κ1) is 16.5. The zero-order valence-electron chi connectivity index (χ0n) is 13.8. The predicted octanol–water partition coefficient (Wildman–Crippen LogP) is 1.88. The molecule has 2 amide bonds. The SMILES string of the molecule is Cc1cccc(C(C)C)c1NC(=O)[C@@H](C)N1CCNC(=O)C1. The topological polar surface area (TPSA) is 61.4 Å². The lowest BCUT2D eigenvalue weighted by molar-refractivity contribution is -0.127. The highest BCUT2D eigenvalue weighted by Gasteiger charge is 2.26. The Morgan fingerprint density at radius 2 is 2.05 bits per heavy atom. The lowest BCUT2D eigenvalue weighted by Gasteiger charge is -2.31. The number of hydrogen-bond acceptors (Lipinski definition) is 3. The molecule has 1 aromatic carbocycles. The molecule has 1 fully saturated rings. The van der Waals surface area contributed by atoms with E-state index < -0.39 is 0 Å². The Hall–Kier alpha value is -1.88. The number of carbonyl (C=O) groups excluding carboxylic acids is 2. The van der Waals surface area contributed by atoms with Crippen LogP contribution in [-0.4, -0.2) is 42.4 Å². The summed E-state index contributed by atoms with van der Waals surface area (Å²) in [7, 11) is 0. The lowest BCUT2D eigenvalue weighted by atomic mass is 9.98. The summed E-state index contributed by atoms with van der Waals surface area (Å²) in [5.74, 6) is 0.252. The van der Waals surface area contributed by atoms with Gasteiger partial charge >= 0.3 is 0 Å². The first-order chi connectivity index (χ1) is 10.4. The molecule has 0 spiro atoms. The molecule has 0 unspecified atom stereocenters. The number of hydrogen-bond donors (Lipinski definition) is 2. The fourth-order valence-corrected chi connectivity index (χ4v) is 2.72. The van der Waals surface area contributed by atoms with Crippen molar-refractivity contribution in [3.63, 3.8) is 0 Å². The van der Waals surface area contributed by atoms with E-state index in [1.807, 2.05) is 36.9 Å². The Labute approximate surface area is 132 Å². The van der Waals surface area contributed by atoms with Crippen molar-refractivity contribution in [2.75, 3.05) is 25.0 Å². The summed E-state index contributed by atoms with van der Waals surface area (Å²) in [5.41, 5.74) is 3.09. The van der Waals surface area contributed by atoms with E-state index in [0.29, 0.717) is 19.0 Å². The van der Waals surface area contributed by atoms with Crippen LogP contribution in [0.1, 0.15) is 37.8 Å². The molecule has 22 heavy (non-hydrogen) atoms.